The van der Waals surface area contributed by atoms with E-state index in [0.717, 1.165) is 17.8 Å². The first-order valence-electron chi connectivity index (χ1n) is 5.71. The minimum atomic E-state index is -4.39. The molecule has 2 rings (SSSR count). The zero-order valence-electron chi connectivity index (χ0n) is 10.2. The van der Waals surface area contributed by atoms with E-state index in [2.05, 4.69) is 0 Å². The Bertz CT molecular complexity index is 610. The van der Waals surface area contributed by atoms with Crippen molar-refractivity contribution >= 4 is 17.4 Å². The lowest BCUT2D eigenvalue weighted by Gasteiger charge is -2.12. The van der Waals surface area contributed by atoms with Gasteiger partial charge in [0.1, 0.15) is 5.82 Å². The molecular weight excluding hydrogens is 290 g/mol. The molecule has 0 saturated carbocycles. The number of anilines is 1. The van der Waals surface area contributed by atoms with Crippen LogP contribution in [0.1, 0.15) is 11.1 Å². The summed E-state index contributed by atoms with van der Waals surface area (Å²) in [6, 6.07) is 9.56. The number of thioether (sulfide) groups is 1. The number of hydrogen-bond donors (Lipinski definition) is 1. The second kappa shape index (κ2) is 5.75. The van der Waals surface area contributed by atoms with E-state index in [4.69, 9.17) is 5.73 Å². The molecule has 0 amide bonds. The van der Waals surface area contributed by atoms with Crippen molar-refractivity contribution in [3.05, 3.63) is 59.4 Å². The third-order valence-corrected chi connectivity index (χ3v) is 3.73. The molecule has 6 heteroatoms. The number of hydrogen-bond acceptors (Lipinski definition) is 2. The first-order valence-corrected chi connectivity index (χ1v) is 6.69. The fraction of sp³-hybridized carbons (Fsp3) is 0.143. The quantitative estimate of drug-likeness (QED) is 0.504. The van der Waals surface area contributed by atoms with Crippen molar-refractivity contribution in [1.29, 1.82) is 0 Å². The molecule has 0 radical (unpaired) electrons. The highest BCUT2D eigenvalue weighted by molar-refractivity contribution is 7.98. The SMILES string of the molecule is Nc1ccc(SCc2ccccc2C(F)(F)F)cc1F. The Labute approximate surface area is 117 Å². The molecule has 106 valence electrons. The topological polar surface area (TPSA) is 26.0 Å². The molecule has 0 heterocycles. The van der Waals surface area contributed by atoms with Gasteiger partial charge in [0.05, 0.1) is 11.3 Å². The standard InChI is InChI=1S/C14H11F4NS/c15-12-7-10(5-6-13(12)19)20-8-9-3-1-2-4-11(9)14(16,17)18/h1-7H,8,19H2. The molecule has 2 aromatic rings. The summed E-state index contributed by atoms with van der Waals surface area (Å²) in [5.74, 6) is -0.460. The molecule has 0 spiro atoms. The molecule has 0 bridgehead atoms. The third kappa shape index (κ3) is 3.45. The van der Waals surface area contributed by atoms with Crippen LogP contribution in [-0.2, 0) is 11.9 Å². The second-order valence-electron chi connectivity index (χ2n) is 4.13. The Morgan fingerprint density at radius 1 is 1.05 bits per heavy atom. The summed E-state index contributed by atoms with van der Waals surface area (Å²) in [5.41, 5.74) is 4.87. The monoisotopic (exact) mass is 301 g/mol. The van der Waals surface area contributed by atoms with Gasteiger partial charge in [-0.15, -0.1) is 11.8 Å². The average Bonchev–Trinajstić information content (AvgIpc) is 2.39. The van der Waals surface area contributed by atoms with Gasteiger partial charge in [-0.2, -0.15) is 13.2 Å². The summed E-state index contributed by atoms with van der Waals surface area (Å²) < 4.78 is 51.7. The van der Waals surface area contributed by atoms with Crippen molar-refractivity contribution in [2.75, 3.05) is 5.73 Å². The number of benzene rings is 2. The van der Waals surface area contributed by atoms with Gasteiger partial charge in [0.2, 0.25) is 0 Å². The maximum atomic E-state index is 13.3. The van der Waals surface area contributed by atoms with Crippen LogP contribution in [0.2, 0.25) is 0 Å². The molecule has 20 heavy (non-hydrogen) atoms. The second-order valence-corrected chi connectivity index (χ2v) is 5.18. The van der Waals surface area contributed by atoms with E-state index in [-0.39, 0.29) is 17.0 Å². The molecule has 0 fully saturated rings. The van der Waals surface area contributed by atoms with Gasteiger partial charge in [0, 0.05) is 10.6 Å². The summed E-state index contributed by atoms with van der Waals surface area (Å²) >= 11 is 1.13. The van der Waals surface area contributed by atoms with Gasteiger partial charge in [0.25, 0.3) is 0 Å². The van der Waals surface area contributed by atoms with Crippen LogP contribution >= 0.6 is 11.8 Å². The lowest BCUT2D eigenvalue weighted by Crippen LogP contribution is -2.08. The van der Waals surface area contributed by atoms with Crippen molar-refractivity contribution < 1.29 is 17.6 Å². The molecule has 0 saturated heterocycles. The van der Waals surface area contributed by atoms with Crippen molar-refractivity contribution in [3.63, 3.8) is 0 Å². The Morgan fingerprint density at radius 2 is 1.75 bits per heavy atom. The summed E-state index contributed by atoms with van der Waals surface area (Å²) in [7, 11) is 0. The number of nitrogens with two attached hydrogens (primary N) is 1. The molecule has 1 nitrogen and oxygen atoms in total. The van der Waals surface area contributed by atoms with Crippen LogP contribution in [0.25, 0.3) is 0 Å². The van der Waals surface area contributed by atoms with Crippen LogP contribution in [-0.4, -0.2) is 0 Å². The van der Waals surface area contributed by atoms with Crippen LogP contribution in [0.3, 0.4) is 0 Å². The number of alkyl halides is 3. The molecular formula is C14H11F4NS. The van der Waals surface area contributed by atoms with Crippen molar-refractivity contribution in [3.8, 4) is 0 Å². The summed E-state index contributed by atoms with van der Waals surface area (Å²) in [6.45, 7) is 0. The first-order chi connectivity index (χ1) is 9.38. The lowest BCUT2D eigenvalue weighted by molar-refractivity contribution is -0.138. The van der Waals surface area contributed by atoms with Crippen LogP contribution in [0.5, 0.6) is 0 Å². The van der Waals surface area contributed by atoms with Crippen molar-refractivity contribution in [2.45, 2.75) is 16.8 Å². The maximum Gasteiger partial charge on any atom is 0.416 e. The van der Waals surface area contributed by atoms with Crippen LogP contribution < -0.4 is 5.73 Å². The number of nitrogen functional groups attached to an aromatic ring is 1. The zero-order chi connectivity index (χ0) is 14.8. The van der Waals surface area contributed by atoms with Crippen molar-refractivity contribution in [1.82, 2.24) is 0 Å². The largest absolute Gasteiger partial charge is 0.416 e. The highest BCUT2D eigenvalue weighted by Crippen LogP contribution is 2.35. The van der Waals surface area contributed by atoms with Gasteiger partial charge >= 0.3 is 6.18 Å². The van der Waals surface area contributed by atoms with Gasteiger partial charge in [0.15, 0.2) is 0 Å². The Morgan fingerprint density at radius 3 is 2.40 bits per heavy atom. The molecule has 2 aromatic carbocycles. The van der Waals surface area contributed by atoms with E-state index in [1.54, 1.807) is 12.1 Å². The predicted molar refractivity (Wildman–Crippen MR) is 71.8 cm³/mol. The summed E-state index contributed by atoms with van der Waals surface area (Å²) in [4.78, 5) is 0.536. The molecule has 0 aliphatic heterocycles. The fourth-order valence-electron chi connectivity index (χ4n) is 1.68. The molecule has 0 aromatic heterocycles. The Kier molecular flexibility index (Phi) is 4.23. The third-order valence-electron chi connectivity index (χ3n) is 2.69. The molecule has 0 aliphatic rings. The first kappa shape index (κ1) is 14.7. The molecule has 0 aliphatic carbocycles. The Hall–Kier alpha value is -1.69. The van der Waals surface area contributed by atoms with Gasteiger partial charge in [-0.25, -0.2) is 4.39 Å². The van der Waals surface area contributed by atoms with E-state index >= 15 is 0 Å². The smallest absolute Gasteiger partial charge is 0.396 e. The van der Waals surface area contributed by atoms with Gasteiger partial charge in [-0.3, -0.25) is 0 Å². The molecule has 2 N–H and O–H groups in total. The van der Waals surface area contributed by atoms with Gasteiger partial charge in [-0.05, 0) is 29.8 Å². The van der Waals surface area contributed by atoms with Crippen LogP contribution in [0.15, 0.2) is 47.4 Å². The van der Waals surface area contributed by atoms with E-state index in [1.165, 1.54) is 24.3 Å². The number of halogens is 4. The summed E-state index contributed by atoms with van der Waals surface area (Å²) in [5, 5.41) is 0. The van der Waals surface area contributed by atoms with E-state index in [1.807, 2.05) is 0 Å². The molecule has 0 unspecified atom stereocenters. The Balaban J connectivity index is 2.17. The zero-order valence-corrected chi connectivity index (χ0v) is 11.1. The normalized spacial score (nSPS) is 11.6. The highest BCUT2D eigenvalue weighted by Gasteiger charge is 2.32. The van der Waals surface area contributed by atoms with E-state index < -0.39 is 17.6 Å². The average molecular weight is 301 g/mol. The van der Waals surface area contributed by atoms with Gasteiger partial charge < -0.3 is 5.73 Å². The van der Waals surface area contributed by atoms with E-state index in [9.17, 15) is 17.6 Å². The lowest BCUT2D eigenvalue weighted by atomic mass is 10.1. The maximum absolute atomic E-state index is 13.3. The summed E-state index contributed by atoms with van der Waals surface area (Å²) in [6.07, 6.45) is -4.39. The minimum Gasteiger partial charge on any atom is -0.396 e. The van der Waals surface area contributed by atoms with E-state index in [0.29, 0.717) is 4.90 Å². The fourth-order valence-corrected chi connectivity index (χ4v) is 2.61. The van der Waals surface area contributed by atoms with Crippen LogP contribution in [0, 0.1) is 5.82 Å². The van der Waals surface area contributed by atoms with Crippen molar-refractivity contribution in [2.24, 2.45) is 0 Å². The van der Waals surface area contributed by atoms with Gasteiger partial charge in [-0.1, -0.05) is 18.2 Å². The molecule has 0 atom stereocenters. The van der Waals surface area contributed by atoms with Crippen LogP contribution in [0.4, 0.5) is 23.2 Å². The minimum absolute atomic E-state index is 0.0186. The predicted octanol–water partition coefficient (Wildman–Crippen LogP) is 4.72. The number of rotatable bonds is 3. The highest BCUT2D eigenvalue weighted by atomic mass is 32.2.